The van der Waals surface area contributed by atoms with E-state index in [1.807, 2.05) is 47.4 Å². The van der Waals surface area contributed by atoms with Gasteiger partial charge in [0.25, 0.3) is 0 Å². The van der Waals surface area contributed by atoms with E-state index >= 15 is 0 Å². The first-order chi connectivity index (χ1) is 14.1. The van der Waals surface area contributed by atoms with E-state index in [1.54, 1.807) is 20.4 Å². The van der Waals surface area contributed by atoms with Crippen molar-refractivity contribution in [1.82, 2.24) is 0 Å². The average molecular weight is 477 g/mol. The van der Waals surface area contributed by atoms with Gasteiger partial charge in [0.2, 0.25) is 5.88 Å². The third-order valence-corrected chi connectivity index (χ3v) is 6.15. The maximum atomic E-state index is 11.3. The van der Waals surface area contributed by atoms with Crippen molar-refractivity contribution in [1.29, 1.82) is 0 Å². The van der Waals surface area contributed by atoms with E-state index in [9.17, 15) is 5.11 Å². The maximum absolute atomic E-state index is 11.3. The molecule has 0 amide bonds. The number of halogens is 1. The minimum absolute atomic E-state index is 0.150. The lowest BCUT2D eigenvalue weighted by Crippen LogP contribution is -2.37. The van der Waals surface area contributed by atoms with Crippen molar-refractivity contribution < 1.29 is 14.6 Å². The summed E-state index contributed by atoms with van der Waals surface area (Å²) in [6, 6.07) is 13.5. The molecule has 2 aromatic carbocycles. The van der Waals surface area contributed by atoms with E-state index in [-0.39, 0.29) is 12.0 Å². The molecule has 0 fully saturated rings. The predicted octanol–water partition coefficient (Wildman–Crippen LogP) is 6.39. The number of para-hydroxylation sites is 1. The minimum atomic E-state index is -0.227. The molecule has 154 valence electrons. The third-order valence-electron chi connectivity index (χ3n) is 4.61. The second-order valence-corrected chi connectivity index (χ2v) is 8.56. The van der Waals surface area contributed by atoms with Crippen molar-refractivity contribution in [2.45, 2.75) is 37.2 Å². The summed E-state index contributed by atoms with van der Waals surface area (Å²) < 4.78 is 12.2. The molecule has 1 unspecified atom stereocenters. The molecule has 1 aliphatic rings. The van der Waals surface area contributed by atoms with Crippen molar-refractivity contribution in [3.63, 3.8) is 0 Å². The highest BCUT2D eigenvalue weighted by molar-refractivity contribution is 9.10. The van der Waals surface area contributed by atoms with Gasteiger partial charge in [-0.2, -0.15) is 0 Å². The van der Waals surface area contributed by atoms with E-state index in [4.69, 9.17) is 14.5 Å². The van der Waals surface area contributed by atoms with Crippen LogP contribution in [-0.4, -0.2) is 31.7 Å². The fourth-order valence-electron chi connectivity index (χ4n) is 3.15. The number of anilines is 1. The Balaban J connectivity index is 2.05. The summed E-state index contributed by atoms with van der Waals surface area (Å²) in [5.74, 6) is 1.40. The smallest absolute Gasteiger partial charge is 0.209 e. The molecule has 29 heavy (non-hydrogen) atoms. The molecule has 5 nitrogen and oxygen atoms in total. The molecule has 0 aromatic heterocycles. The molecule has 0 saturated heterocycles. The number of hydrogen-bond donors (Lipinski definition) is 1. The fourth-order valence-corrected chi connectivity index (χ4v) is 4.25. The number of thioether (sulfide) groups is 1. The minimum Gasteiger partial charge on any atom is -0.494 e. The predicted molar refractivity (Wildman–Crippen MR) is 123 cm³/mol. The summed E-state index contributed by atoms with van der Waals surface area (Å²) in [6.07, 6.45) is 4.40. The molecule has 1 N–H and O–H groups in total. The van der Waals surface area contributed by atoms with Crippen LogP contribution in [0.3, 0.4) is 0 Å². The van der Waals surface area contributed by atoms with E-state index in [1.165, 1.54) is 11.8 Å². The maximum Gasteiger partial charge on any atom is 0.209 e. The number of nitrogens with zero attached hydrogens (tertiary/aromatic N) is 2. The first kappa shape index (κ1) is 21.6. The molecule has 2 aromatic rings. The van der Waals surface area contributed by atoms with Gasteiger partial charge in [-0.1, -0.05) is 47.1 Å². The number of aliphatic hydroxyl groups is 1. The number of unbranched alkanes of at least 4 members (excludes halogenated alkanes) is 1. The van der Waals surface area contributed by atoms with Crippen molar-refractivity contribution in [2.24, 2.45) is 4.99 Å². The first-order valence-electron chi connectivity index (χ1n) is 9.49. The second-order valence-electron chi connectivity index (χ2n) is 6.53. The van der Waals surface area contributed by atoms with Gasteiger partial charge in [0, 0.05) is 15.6 Å². The molecule has 0 bridgehead atoms. The fraction of sp³-hybridized carbons (Fsp3) is 0.318. The van der Waals surface area contributed by atoms with E-state index < -0.39 is 0 Å². The Hall–Kier alpha value is -2.12. The Bertz CT molecular complexity index is 877. The Labute approximate surface area is 184 Å². The van der Waals surface area contributed by atoms with E-state index in [2.05, 4.69) is 22.9 Å². The second kappa shape index (κ2) is 10.1. The van der Waals surface area contributed by atoms with Gasteiger partial charge in [-0.3, -0.25) is 9.89 Å². The Kier molecular flexibility index (Phi) is 7.50. The van der Waals surface area contributed by atoms with Gasteiger partial charge in [0.1, 0.15) is 23.4 Å². The highest BCUT2D eigenvalue weighted by Crippen LogP contribution is 2.44. The molecule has 1 atom stereocenters. The lowest BCUT2D eigenvalue weighted by molar-refractivity contribution is 0.350. The van der Waals surface area contributed by atoms with Gasteiger partial charge in [0.05, 0.1) is 19.1 Å². The van der Waals surface area contributed by atoms with Crippen LogP contribution < -0.4 is 14.4 Å². The normalized spacial score (nSPS) is 16.3. The molecule has 1 aliphatic heterocycles. The van der Waals surface area contributed by atoms with Crippen molar-refractivity contribution in [2.75, 3.05) is 19.1 Å². The quantitative estimate of drug-likeness (QED) is 0.477. The van der Waals surface area contributed by atoms with Gasteiger partial charge < -0.3 is 14.6 Å². The summed E-state index contributed by atoms with van der Waals surface area (Å²) in [5, 5.41) is 11.3. The number of aliphatic imine (C=N–C) groups is 1. The van der Waals surface area contributed by atoms with Crippen LogP contribution in [-0.2, 0) is 0 Å². The molecule has 0 spiro atoms. The Morgan fingerprint density at radius 2 is 1.76 bits per heavy atom. The van der Waals surface area contributed by atoms with Crippen LogP contribution >= 0.6 is 27.7 Å². The summed E-state index contributed by atoms with van der Waals surface area (Å²) in [4.78, 5) is 8.28. The number of hydrogen-bond acceptors (Lipinski definition) is 6. The number of aliphatic hydroxyl groups excluding tert-OH is 1. The van der Waals surface area contributed by atoms with Crippen molar-refractivity contribution >= 4 is 39.6 Å². The van der Waals surface area contributed by atoms with Crippen LogP contribution in [0.1, 0.15) is 26.2 Å². The molecule has 3 rings (SSSR count). The summed E-state index contributed by atoms with van der Waals surface area (Å²) in [6.45, 7) is 2.14. The molecule has 0 aliphatic carbocycles. The summed E-state index contributed by atoms with van der Waals surface area (Å²) >= 11 is 4.92. The Morgan fingerprint density at radius 1 is 1.10 bits per heavy atom. The van der Waals surface area contributed by atoms with Gasteiger partial charge >= 0.3 is 0 Å². The molecule has 7 heteroatoms. The highest BCUT2D eigenvalue weighted by atomic mass is 79.9. The van der Waals surface area contributed by atoms with Gasteiger partial charge in [-0.25, -0.2) is 0 Å². The van der Waals surface area contributed by atoms with Crippen LogP contribution in [0.5, 0.6) is 11.5 Å². The van der Waals surface area contributed by atoms with Gasteiger partial charge in [-0.15, -0.1) is 0 Å². The van der Waals surface area contributed by atoms with E-state index in [0.717, 1.165) is 28.6 Å². The molecule has 1 heterocycles. The molecular formula is C22H25BrN2O3S. The van der Waals surface area contributed by atoms with Crippen LogP contribution in [0.4, 0.5) is 5.69 Å². The van der Waals surface area contributed by atoms with Crippen LogP contribution in [0.15, 0.2) is 67.6 Å². The standard InChI is InChI=1S/C22H25BrN2O3S/c1-4-5-9-20-24-14-19(29-16-12-10-15(23)11-13-16)22(26)25(20)21-17(27-2)7-6-8-18(21)28-3/h6-8,10-14,20,26H,4-5,9H2,1-3H3. The lowest BCUT2D eigenvalue weighted by atomic mass is 10.1. The summed E-state index contributed by atoms with van der Waals surface area (Å²) in [7, 11) is 3.23. The van der Waals surface area contributed by atoms with Gasteiger partial charge in [0.15, 0.2) is 0 Å². The van der Waals surface area contributed by atoms with Gasteiger partial charge in [-0.05, 0) is 49.2 Å². The average Bonchev–Trinajstić information content (AvgIpc) is 2.75. The lowest BCUT2D eigenvalue weighted by Gasteiger charge is -2.35. The molecule has 0 radical (unpaired) electrons. The largest absolute Gasteiger partial charge is 0.494 e. The first-order valence-corrected chi connectivity index (χ1v) is 11.1. The van der Waals surface area contributed by atoms with E-state index in [0.29, 0.717) is 22.1 Å². The number of methoxy groups -OCH3 is 2. The van der Waals surface area contributed by atoms with Crippen molar-refractivity contribution in [3.8, 4) is 11.5 Å². The number of allylic oxidation sites excluding steroid dienone is 1. The molecular weight excluding hydrogens is 452 g/mol. The third kappa shape index (κ3) is 4.90. The topological polar surface area (TPSA) is 54.3 Å². The monoisotopic (exact) mass is 476 g/mol. The zero-order valence-corrected chi connectivity index (χ0v) is 19.2. The zero-order chi connectivity index (χ0) is 20.8. The Morgan fingerprint density at radius 3 is 2.34 bits per heavy atom. The van der Waals surface area contributed by atoms with Crippen LogP contribution in [0.25, 0.3) is 0 Å². The SMILES string of the molecule is CCCCC1N=CC(Sc2ccc(Br)cc2)=C(O)N1c1c(OC)cccc1OC. The van der Waals surface area contributed by atoms with Crippen LogP contribution in [0.2, 0.25) is 0 Å². The number of ether oxygens (including phenoxy) is 2. The van der Waals surface area contributed by atoms with Crippen molar-refractivity contribution in [3.05, 3.63) is 57.7 Å². The summed E-state index contributed by atoms with van der Waals surface area (Å²) in [5.41, 5.74) is 0.682. The molecule has 0 saturated carbocycles. The van der Waals surface area contributed by atoms with Crippen LogP contribution in [0, 0.1) is 0 Å². The number of rotatable bonds is 8. The zero-order valence-electron chi connectivity index (χ0n) is 16.8. The highest BCUT2D eigenvalue weighted by Gasteiger charge is 2.32. The number of benzene rings is 2.